The van der Waals surface area contributed by atoms with Gasteiger partial charge in [-0.2, -0.15) is 0 Å². The number of rotatable bonds is 1. The van der Waals surface area contributed by atoms with Gasteiger partial charge < -0.3 is 15.4 Å². The van der Waals surface area contributed by atoms with E-state index in [-0.39, 0.29) is 11.9 Å². The van der Waals surface area contributed by atoms with Gasteiger partial charge in [0, 0.05) is 19.9 Å². The molecule has 0 saturated carbocycles. The Balaban J connectivity index is 2.35. The van der Waals surface area contributed by atoms with Gasteiger partial charge in [-0.3, -0.25) is 5.41 Å². The van der Waals surface area contributed by atoms with Crippen molar-refractivity contribution in [3.05, 3.63) is 6.92 Å². The van der Waals surface area contributed by atoms with Gasteiger partial charge in [0.15, 0.2) is 0 Å². The Morgan fingerprint density at radius 2 is 2.42 bits per heavy atom. The molecule has 1 heterocycles. The average Bonchev–Trinajstić information content (AvgIpc) is 2.34. The summed E-state index contributed by atoms with van der Waals surface area (Å²) < 4.78 is 4.76. The topological polar surface area (TPSA) is 79.4 Å². The van der Waals surface area contributed by atoms with Gasteiger partial charge in [-0.15, -0.1) is 0 Å². The number of primary amides is 1. The SMILES string of the molecule is [CH2]C(=N)N1CCC(OC(N)=O)C1. The van der Waals surface area contributed by atoms with E-state index in [9.17, 15) is 4.79 Å². The molecule has 5 nitrogen and oxygen atoms in total. The van der Waals surface area contributed by atoms with Crippen molar-refractivity contribution in [1.29, 1.82) is 5.41 Å². The molecular weight excluding hydrogens is 158 g/mol. The van der Waals surface area contributed by atoms with Crippen LogP contribution in [0.1, 0.15) is 6.42 Å². The largest absolute Gasteiger partial charge is 0.444 e. The number of nitrogens with two attached hydrogens (primary N) is 1. The van der Waals surface area contributed by atoms with Crippen LogP contribution in [0, 0.1) is 12.3 Å². The molecule has 1 radical (unpaired) electrons. The van der Waals surface area contributed by atoms with Crippen LogP contribution < -0.4 is 5.73 Å². The number of nitrogens with zero attached hydrogens (tertiary/aromatic N) is 1. The first-order valence-electron chi connectivity index (χ1n) is 3.71. The Morgan fingerprint density at radius 1 is 1.75 bits per heavy atom. The third-order valence-corrected chi connectivity index (χ3v) is 1.81. The van der Waals surface area contributed by atoms with Crippen LogP contribution in [0.25, 0.3) is 0 Å². The fourth-order valence-corrected chi connectivity index (χ4v) is 1.23. The average molecular weight is 170 g/mol. The lowest BCUT2D eigenvalue weighted by atomic mass is 10.3. The van der Waals surface area contributed by atoms with E-state index < -0.39 is 6.09 Å². The number of carbonyl (C=O) groups is 1. The Kier molecular flexibility index (Phi) is 2.52. The van der Waals surface area contributed by atoms with E-state index in [1.165, 1.54) is 0 Å². The number of hydrogen-bond acceptors (Lipinski definition) is 3. The second-order valence-corrected chi connectivity index (χ2v) is 2.74. The first-order valence-corrected chi connectivity index (χ1v) is 3.71. The van der Waals surface area contributed by atoms with Gasteiger partial charge >= 0.3 is 6.09 Å². The molecule has 1 aliphatic rings. The molecule has 0 aromatic carbocycles. The first kappa shape index (κ1) is 8.83. The second-order valence-electron chi connectivity index (χ2n) is 2.74. The maximum absolute atomic E-state index is 10.3. The lowest BCUT2D eigenvalue weighted by Gasteiger charge is -2.15. The number of ether oxygens (including phenoxy) is 1. The fraction of sp³-hybridized carbons (Fsp3) is 0.571. The van der Waals surface area contributed by atoms with Gasteiger partial charge in [0.2, 0.25) is 0 Å². The van der Waals surface area contributed by atoms with E-state index in [1.54, 1.807) is 4.90 Å². The molecule has 1 aliphatic heterocycles. The highest BCUT2D eigenvalue weighted by atomic mass is 16.6. The summed E-state index contributed by atoms with van der Waals surface area (Å²) in [5, 5.41) is 7.21. The van der Waals surface area contributed by atoms with Gasteiger partial charge in [0.25, 0.3) is 0 Å². The summed E-state index contributed by atoms with van der Waals surface area (Å²) in [6.07, 6.45) is -0.206. The number of nitrogens with one attached hydrogen (secondary N) is 1. The van der Waals surface area contributed by atoms with E-state index in [4.69, 9.17) is 15.9 Å². The highest BCUT2D eigenvalue weighted by Gasteiger charge is 2.24. The molecule has 0 aromatic heterocycles. The second kappa shape index (κ2) is 3.42. The van der Waals surface area contributed by atoms with Crippen molar-refractivity contribution < 1.29 is 9.53 Å². The van der Waals surface area contributed by atoms with Gasteiger partial charge in [0.1, 0.15) is 6.10 Å². The predicted octanol–water partition coefficient (Wildman–Crippen LogP) is -0.0326. The van der Waals surface area contributed by atoms with Crippen molar-refractivity contribution in [2.75, 3.05) is 13.1 Å². The Labute approximate surface area is 71.0 Å². The minimum absolute atomic E-state index is 0.176. The lowest BCUT2D eigenvalue weighted by Crippen LogP contribution is -2.29. The van der Waals surface area contributed by atoms with Crippen molar-refractivity contribution in [3.8, 4) is 0 Å². The van der Waals surface area contributed by atoms with Crippen LogP contribution in [0.2, 0.25) is 0 Å². The summed E-state index contributed by atoms with van der Waals surface area (Å²) in [5.41, 5.74) is 4.84. The monoisotopic (exact) mass is 170 g/mol. The zero-order valence-electron chi connectivity index (χ0n) is 6.75. The molecule has 0 bridgehead atoms. The number of likely N-dealkylation sites (tertiary alicyclic amines) is 1. The van der Waals surface area contributed by atoms with Gasteiger partial charge in [-0.05, 0) is 0 Å². The molecule has 67 valence electrons. The quantitative estimate of drug-likeness (QED) is 0.428. The lowest BCUT2D eigenvalue weighted by molar-refractivity contribution is 0.113. The van der Waals surface area contributed by atoms with E-state index in [1.807, 2.05) is 0 Å². The minimum atomic E-state index is -0.752. The number of amidine groups is 1. The van der Waals surface area contributed by atoms with Crippen LogP contribution in [0.5, 0.6) is 0 Å². The molecule has 1 unspecified atom stereocenters. The molecule has 1 atom stereocenters. The van der Waals surface area contributed by atoms with Crippen LogP contribution >= 0.6 is 0 Å². The molecule has 1 amide bonds. The third kappa shape index (κ3) is 2.11. The fourth-order valence-electron chi connectivity index (χ4n) is 1.23. The number of carbonyl (C=O) groups excluding carboxylic acids is 1. The van der Waals surface area contributed by atoms with E-state index in [2.05, 4.69) is 6.92 Å². The summed E-state index contributed by atoms with van der Waals surface area (Å²) in [4.78, 5) is 12.1. The zero-order chi connectivity index (χ0) is 9.14. The maximum atomic E-state index is 10.3. The normalized spacial score (nSPS) is 22.4. The Hall–Kier alpha value is -1.26. The summed E-state index contributed by atoms with van der Waals surface area (Å²) in [6, 6.07) is 0. The number of amides is 1. The summed E-state index contributed by atoms with van der Waals surface area (Å²) in [6.45, 7) is 4.71. The molecule has 1 fully saturated rings. The van der Waals surface area contributed by atoms with E-state index in [0.717, 1.165) is 6.42 Å². The van der Waals surface area contributed by atoms with Gasteiger partial charge in [-0.1, -0.05) is 0 Å². The van der Waals surface area contributed by atoms with Crippen LogP contribution in [-0.2, 0) is 4.74 Å². The molecule has 0 spiro atoms. The smallest absolute Gasteiger partial charge is 0.404 e. The standard InChI is InChI=1S/C7H12N3O2/c1-5(8)10-3-2-6(4-10)12-7(9)11/h6,8H,1-4H2,(H2,9,11). The zero-order valence-corrected chi connectivity index (χ0v) is 6.75. The Morgan fingerprint density at radius 3 is 2.83 bits per heavy atom. The van der Waals surface area contributed by atoms with Crippen molar-refractivity contribution in [2.24, 2.45) is 5.73 Å². The van der Waals surface area contributed by atoms with E-state index >= 15 is 0 Å². The minimum Gasteiger partial charge on any atom is -0.444 e. The van der Waals surface area contributed by atoms with Crippen molar-refractivity contribution in [3.63, 3.8) is 0 Å². The molecule has 5 heteroatoms. The maximum Gasteiger partial charge on any atom is 0.404 e. The van der Waals surface area contributed by atoms with Crippen LogP contribution in [0.3, 0.4) is 0 Å². The van der Waals surface area contributed by atoms with Crippen LogP contribution in [0.15, 0.2) is 0 Å². The van der Waals surface area contributed by atoms with Gasteiger partial charge in [-0.25, -0.2) is 4.79 Å². The summed E-state index contributed by atoms with van der Waals surface area (Å²) >= 11 is 0. The van der Waals surface area contributed by atoms with Crippen LogP contribution in [0.4, 0.5) is 4.79 Å². The molecule has 1 rings (SSSR count). The van der Waals surface area contributed by atoms with Crippen molar-refractivity contribution in [2.45, 2.75) is 12.5 Å². The highest BCUT2D eigenvalue weighted by Crippen LogP contribution is 2.12. The van der Waals surface area contributed by atoms with Crippen molar-refractivity contribution in [1.82, 2.24) is 4.90 Å². The molecule has 3 N–H and O–H groups in total. The molecule has 0 aliphatic carbocycles. The number of hydrogen-bond donors (Lipinski definition) is 2. The van der Waals surface area contributed by atoms with Crippen molar-refractivity contribution >= 4 is 11.9 Å². The summed E-state index contributed by atoms with van der Waals surface area (Å²) in [5.74, 6) is 0.255. The first-order chi connectivity index (χ1) is 5.59. The molecule has 0 aromatic rings. The molecular formula is C7H12N3O2. The highest BCUT2D eigenvalue weighted by molar-refractivity contribution is 5.83. The van der Waals surface area contributed by atoms with Gasteiger partial charge in [0.05, 0.1) is 12.4 Å². The summed E-state index contributed by atoms with van der Waals surface area (Å²) in [7, 11) is 0. The predicted molar refractivity (Wildman–Crippen MR) is 43.7 cm³/mol. The van der Waals surface area contributed by atoms with Crippen LogP contribution in [-0.4, -0.2) is 36.0 Å². The third-order valence-electron chi connectivity index (χ3n) is 1.81. The Bertz CT molecular complexity index is 205. The molecule has 1 saturated heterocycles. The molecule has 12 heavy (non-hydrogen) atoms. The van der Waals surface area contributed by atoms with E-state index in [0.29, 0.717) is 13.1 Å².